The molecule has 0 radical (unpaired) electrons. The molecular formula is C26H32FN5O2. The number of carbonyl (C=O) groups is 2. The van der Waals surface area contributed by atoms with E-state index in [2.05, 4.69) is 11.4 Å². The Labute approximate surface area is 199 Å². The van der Waals surface area contributed by atoms with Gasteiger partial charge in [0.1, 0.15) is 17.3 Å². The maximum atomic E-state index is 13.6. The second-order valence-corrected chi connectivity index (χ2v) is 9.53. The molecule has 180 valence electrons. The van der Waals surface area contributed by atoms with E-state index < -0.39 is 0 Å². The molecule has 1 aromatic carbocycles. The highest BCUT2D eigenvalue weighted by Gasteiger charge is 2.30. The highest BCUT2D eigenvalue weighted by Crippen LogP contribution is 2.36. The maximum absolute atomic E-state index is 13.6. The zero-order valence-corrected chi connectivity index (χ0v) is 20.4. The molecule has 7 nitrogen and oxygen atoms in total. The van der Waals surface area contributed by atoms with Crippen molar-refractivity contribution in [2.24, 2.45) is 11.8 Å². The second-order valence-electron chi connectivity index (χ2n) is 9.53. The molecule has 2 amide bonds. The van der Waals surface area contributed by atoms with Gasteiger partial charge in [-0.15, -0.1) is 0 Å². The van der Waals surface area contributed by atoms with Crippen molar-refractivity contribution in [2.75, 3.05) is 20.1 Å². The molecule has 2 aromatic rings. The van der Waals surface area contributed by atoms with Crippen molar-refractivity contribution in [2.45, 2.75) is 40.8 Å². The third-order valence-electron chi connectivity index (χ3n) is 6.26. The van der Waals surface area contributed by atoms with Crippen LogP contribution in [0, 0.1) is 17.7 Å². The van der Waals surface area contributed by atoms with Crippen LogP contribution in [-0.4, -0.2) is 51.5 Å². The predicted octanol–water partition coefficient (Wildman–Crippen LogP) is 3.63. The standard InChI is InChI=1S/C26H32FN5O2/c1-16(2)25(33)28-22-14-19(10-11-30(22)5)23-21-15-31(26(34)17(3)4)12-13-32(21)29-24(23)18-6-8-20(27)9-7-18/h6-10,14,16-17H,11-13,15H2,1-5H3,(H,28,33). The zero-order valence-electron chi connectivity index (χ0n) is 20.4. The van der Waals surface area contributed by atoms with Crippen molar-refractivity contribution in [1.82, 2.24) is 24.9 Å². The van der Waals surface area contributed by atoms with Crippen LogP contribution in [0.4, 0.5) is 4.39 Å². The Morgan fingerprint density at radius 1 is 1.06 bits per heavy atom. The van der Waals surface area contributed by atoms with E-state index in [1.807, 2.05) is 55.3 Å². The van der Waals surface area contributed by atoms with Gasteiger partial charge < -0.3 is 15.1 Å². The zero-order chi connectivity index (χ0) is 24.6. The van der Waals surface area contributed by atoms with E-state index in [4.69, 9.17) is 5.10 Å². The van der Waals surface area contributed by atoms with Gasteiger partial charge in [0, 0.05) is 43.1 Å². The fourth-order valence-electron chi connectivity index (χ4n) is 4.21. The van der Waals surface area contributed by atoms with Gasteiger partial charge in [-0.1, -0.05) is 33.8 Å². The molecule has 3 heterocycles. The van der Waals surface area contributed by atoms with Crippen molar-refractivity contribution in [3.8, 4) is 11.3 Å². The number of carbonyl (C=O) groups excluding carboxylic acids is 2. The molecule has 0 aliphatic carbocycles. The molecule has 1 N–H and O–H groups in total. The molecule has 0 fully saturated rings. The van der Waals surface area contributed by atoms with Gasteiger partial charge in [0.25, 0.3) is 0 Å². The Kier molecular flexibility index (Phi) is 6.59. The lowest BCUT2D eigenvalue weighted by atomic mass is 9.95. The summed E-state index contributed by atoms with van der Waals surface area (Å²) < 4.78 is 15.6. The van der Waals surface area contributed by atoms with E-state index >= 15 is 0 Å². The lowest BCUT2D eigenvalue weighted by Gasteiger charge is -2.31. The fourth-order valence-corrected chi connectivity index (χ4v) is 4.21. The third kappa shape index (κ3) is 4.62. The van der Waals surface area contributed by atoms with Crippen molar-refractivity contribution in [3.63, 3.8) is 0 Å². The number of rotatable bonds is 5. The highest BCUT2D eigenvalue weighted by atomic mass is 19.1. The van der Waals surface area contributed by atoms with Crippen molar-refractivity contribution in [1.29, 1.82) is 0 Å². The molecule has 1 aromatic heterocycles. The Morgan fingerprint density at radius 3 is 2.41 bits per heavy atom. The van der Waals surface area contributed by atoms with Crippen molar-refractivity contribution >= 4 is 17.4 Å². The first-order chi connectivity index (χ1) is 16.2. The summed E-state index contributed by atoms with van der Waals surface area (Å²) in [6, 6.07) is 6.31. The normalized spacial score (nSPS) is 15.9. The minimum Gasteiger partial charge on any atom is -0.357 e. The molecule has 0 saturated heterocycles. The number of halogens is 1. The van der Waals surface area contributed by atoms with Gasteiger partial charge in [0.05, 0.1) is 18.8 Å². The summed E-state index contributed by atoms with van der Waals surface area (Å²) >= 11 is 0. The van der Waals surface area contributed by atoms with E-state index in [0.29, 0.717) is 32.0 Å². The van der Waals surface area contributed by atoms with Crippen LogP contribution < -0.4 is 5.32 Å². The van der Waals surface area contributed by atoms with E-state index in [1.165, 1.54) is 12.1 Å². The number of likely N-dealkylation sites (N-methyl/N-ethyl adjacent to an activating group) is 1. The lowest BCUT2D eigenvalue weighted by Crippen LogP contribution is -2.40. The Hall–Kier alpha value is -3.42. The van der Waals surface area contributed by atoms with E-state index in [0.717, 1.165) is 28.1 Å². The average molecular weight is 466 g/mol. The summed E-state index contributed by atoms with van der Waals surface area (Å²) in [7, 11) is 1.93. The summed E-state index contributed by atoms with van der Waals surface area (Å²) in [4.78, 5) is 29.0. The maximum Gasteiger partial charge on any atom is 0.228 e. The molecule has 0 bridgehead atoms. The number of hydrogen-bond acceptors (Lipinski definition) is 4. The number of benzene rings is 1. The predicted molar refractivity (Wildman–Crippen MR) is 130 cm³/mol. The first-order valence-corrected chi connectivity index (χ1v) is 11.7. The largest absolute Gasteiger partial charge is 0.357 e. The first kappa shape index (κ1) is 23.7. The van der Waals surface area contributed by atoms with Gasteiger partial charge in [0.15, 0.2) is 0 Å². The number of nitrogens with zero attached hydrogens (tertiary/aromatic N) is 4. The van der Waals surface area contributed by atoms with Crippen LogP contribution in [-0.2, 0) is 22.7 Å². The molecular weight excluding hydrogens is 433 g/mol. The van der Waals surface area contributed by atoms with E-state index in [-0.39, 0.29) is 29.5 Å². The van der Waals surface area contributed by atoms with Gasteiger partial charge in [-0.05, 0) is 35.9 Å². The molecule has 2 aliphatic rings. The first-order valence-electron chi connectivity index (χ1n) is 11.7. The Morgan fingerprint density at radius 2 is 1.76 bits per heavy atom. The number of hydrogen-bond donors (Lipinski definition) is 1. The van der Waals surface area contributed by atoms with Crippen molar-refractivity contribution in [3.05, 3.63) is 59.3 Å². The smallest absolute Gasteiger partial charge is 0.228 e. The number of fused-ring (bicyclic) bond motifs is 1. The summed E-state index contributed by atoms with van der Waals surface area (Å²) in [5, 5.41) is 7.90. The van der Waals surface area contributed by atoms with Crippen LogP contribution in [0.15, 0.2) is 42.2 Å². The molecule has 0 unspecified atom stereocenters. The monoisotopic (exact) mass is 465 g/mol. The van der Waals surface area contributed by atoms with Crippen LogP contribution in [0.2, 0.25) is 0 Å². The summed E-state index contributed by atoms with van der Waals surface area (Å²) in [5.41, 5.74) is 4.34. The number of aromatic nitrogens is 2. The van der Waals surface area contributed by atoms with E-state index in [1.54, 1.807) is 12.1 Å². The van der Waals surface area contributed by atoms with Crippen LogP contribution in [0.3, 0.4) is 0 Å². The minimum atomic E-state index is -0.305. The minimum absolute atomic E-state index is 0.0520. The van der Waals surface area contributed by atoms with Crippen LogP contribution >= 0.6 is 0 Å². The molecule has 0 atom stereocenters. The molecule has 0 saturated carbocycles. The van der Waals surface area contributed by atoms with Gasteiger partial charge in [0.2, 0.25) is 11.8 Å². The molecule has 8 heteroatoms. The highest BCUT2D eigenvalue weighted by molar-refractivity contribution is 5.88. The van der Waals surface area contributed by atoms with E-state index in [9.17, 15) is 14.0 Å². The van der Waals surface area contributed by atoms with Crippen LogP contribution in [0.5, 0.6) is 0 Å². The third-order valence-corrected chi connectivity index (χ3v) is 6.26. The molecule has 34 heavy (non-hydrogen) atoms. The molecule has 4 rings (SSSR count). The topological polar surface area (TPSA) is 70.5 Å². The summed E-state index contributed by atoms with van der Waals surface area (Å²) in [6.07, 6.45) is 4.05. The number of nitrogens with one attached hydrogen (secondary N) is 1. The van der Waals surface area contributed by atoms with Gasteiger partial charge in [-0.2, -0.15) is 5.10 Å². The molecule has 2 aliphatic heterocycles. The number of allylic oxidation sites excluding steroid dienone is 2. The summed E-state index contributed by atoms with van der Waals surface area (Å²) in [6.45, 7) is 9.79. The molecule has 0 spiro atoms. The summed E-state index contributed by atoms with van der Waals surface area (Å²) in [5.74, 6) is 0.239. The van der Waals surface area contributed by atoms with Gasteiger partial charge in [-0.3, -0.25) is 14.3 Å². The second kappa shape index (κ2) is 9.44. The lowest BCUT2D eigenvalue weighted by molar-refractivity contribution is -0.136. The fraction of sp³-hybridized carbons (Fsp3) is 0.423. The average Bonchev–Trinajstić information content (AvgIpc) is 3.19. The SMILES string of the molecule is CC(C)C(=O)NC1=CC(c2c(-c3ccc(F)cc3)nn3c2CN(C(=O)C(C)C)CC3)=CCN1C. The number of amides is 2. The van der Waals surface area contributed by atoms with Crippen molar-refractivity contribution < 1.29 is 14.0 Å². The van der Waals surface area contributed by atoms with Gasteiger partial charge >= 0.3 is 0 Å². The van der Waals surface area contributed by atoms with Crippen LogP contribution in [0.25, 0.3) is 16.8 Å². The van der Waals surface area contributed by atoms with Gasteiger partial charge in [-0.25, -0.2) is 4.39 Å². The van der Waals surface area contributed by atoms with Crippen LogP contribution in [0.1, 0.15) is 39.0 Å². The Bertz CT molecular complexity index is 1160. The Balaban J connectivity index is 1.81. The quantitative estimate of drug-likeness (QED) is 0.732.